The maximum absolute atomic E-state index is 13.3. The van der Waals surface area contributed by atoms with Crippen LogP contribution < -0.4 is 4.31 Å². The van der Waals surface area contributed by atoms with Crippen molar-refractivity contribution in [3.8, 4) is 0 Å². The molecule has 0 saturated carbocycles. The van der Waals surface area contributed by atoms with Gasteiger partial charge in [0.1, 0.15) is 0 Å². The Hall–Kier alpha value is -2.60. The van der Waals surface area contributed by atoms with Gasteiger partial charge in [-0.05, 0) is 36.6 Å². The fourth-order valence-corrected chi connectivity index (χ4v) is 4.19. The van der Waals surface area contributed by atoms with Crippen molar-refractivity contribution in [3.63, 3.8) is 0 Å². The van der Waals surface area contributed by atoms with Gasteiger partial charge in [-0.1, -0.05) is 49.7 Å². The summed E-state index contributed by atoms with van der Waals surface area (Å²) < 4.78 is 27.9. The number of nitrogens with one attached hydrogen (secondary N) is 1. The van der Waals surface area contributed by atoms with Gasteiger partial charge in [0.05, 0.1) is 10.6 Å². The monoisotopic (exact) mass is 355 g/mol. The van der Waals surface area contributed by atoms with Gasteiger partial charge in [-0.15, -0.1) is 0 Å². The molecule has 0 saturated heterocycles. The molecule has 0 aliphatic heterocycles. The summed E-state index contributed by atoms with van der Waals surface area (Å²) in [4.78, 5) is 7.36. The molecule has 1 aromatic heterocycles. The number of imidazole rings is 1. The second kappa shape index (κ2) is 7.53. The van der Waals surface area contributed by atoms with E-state index in [0.29, 0.717) is 5.69 Å². The smallest absolute Gasteiger partial charge is 0.271 e. The predicted molar refractivity (Wildman–Crippen MR) is 99.4 cm³/mol. The number of nitrogens with zero attached hydrogens (tertiary/aromatic N) is 2. The van der Waals surface area contributed by atoms with E-state index in [1.54, 1.807) is 42.7 Å². The molecule has 0 amide bonds. The molecule has 1 heterocycles. The minimum Gasteiger partial charge on any atom is -0.330 e. The number of sulfonamides is 1. The molecule has 0 radical (unpaired) electrons. The van der Waals surface area contributed by atoms with Crippen molar-refractivity contribution in [3.05, 3.63) is 72.6 Å². The molecule has 3 rings (SSSR count). The number of unbranched alkanes of at least 4 members (excludes halogenated alkanes) is 1. The first-order valence-electron chi connectivity index (χ1n) is 8.32. The number of H-pyrrole nitrogens is 1. The molecule has 3 aromatic rings. The molecule has 2 aromatic carbocycles. The Bertz CT molecular complexity index is 907. The molecule has 0 fully saturated rings. The normalized spacial score (nSPS) is 11.4. The van der Waals surface area contributed by atoms with E-state index in [4.69, 9.17) is 0 Å². The molecule has 0 bridgehead atoms. The zero-order valence-corrected chi connectivity index (χ0v) is 14.9. The Morgan fingerprint density at radius 2 is 1.76 bits per heavy atom. The fourth-order valence-electron chi connectivity index (χ4n) is 2.71. The van der Waals surface area contributed by atoms with Crippen LogP contribution in [0.15, 0.2) is 71.9 Å². The van der Waals surface area contributed by atoms with Crippen molar-refractivity contribution in [2.45, 2.75) is 31.1 Å². The number of aromatic amines is 1. The van der Waals surface area contributed by atoms with Crippen LogP contribution in [0.5, 0.6) is 0 Å². The third kappa shape index (κ3) is 3.58. The molecular weight excluding hydrogens is 334 g/mol. The van der Waals surface area contributed by atoms with Crippen LogP contribution in [0.25, 0.3) is 0 Å². The summed E-state index contributed by atoms with van der Waals surface area (Å²) >= 11 is 0. The van der Waals surface area contributed by atoms with Gasteiger partial charge in [-0.2, -0.15) is 0 Å². The summed E-state index contributed by atoms with van der Waals surface area (Å²) in [6.07, 6.45) is 6.03. The first kappa shape index (κ1) is 17.2. The van der Waals surface area contributed by atoms with Crippen LogP contribution in [0.2, 0.25) is 0 Å². The highest BCUT2D eigenvalue weighted by molar-refractivity contribution is 7.93. The fraction of sp³-hybridized carbons (Fsp3) is 0.211. The number of aryl methyl sites for hydroxylation is 1. The average molecular weight is 355 g/mol. The maximum atomic E-state index is 13.3. The standard InChI is InChI=1S/C19H21N3O2S/c1-2-3-9-16-10-7-8-13-18(16)22(19-20-14-15-21-19)25(23,24)17-11-5-4-6-12-17/h4-8,10-15H,2-3,9H2,1H3,(H,20,21). The Morgan fingerprint density at radius 1 is 1.04 bits per heavy atom. The first-order valence-corrected chi connectivity index (χ1v) is 9.76. The molecule has 6 heteroatoms. The summed E-state index contributed by atoms with van der Waals surface area (Å²) in [5.41, 5.74) is 1.62. The zero-order chi connectivity index (χ0) is 17.7. The van der Waals surface area contributed by atoms with Gasteiger partial charge in [-0.25, -0.2) is 17.7 Å². The van der Waals surface area contributed by atoms with Gasteiger partial charge >= 0.3 is 0 Å². The highest BCUT2D eigenvalue weighted by Gasteiger charge is 2.29. The third-order valence-corrected chi connectivity index (χ3v) is 5.69. The largest absolute Gasteiger partial charge is 0.330 e. The highest BCUT2D eigenvalue weighted by atomic mass is 32.2. The van der Waals surface area contributed by atoms with Crippen LogP contribution in [0, 0.1) is 0 Å². The second-order valence-corrected chi connectivity index (χ2v) is 7.51. The van der Waals surface area contributed by atoms with Gasteiger partial charge in [0.2, 0.25) is 5.95 Å². The van der Waals surface area contributed by atoms with E-state index in [-0.39, 0.29) is 10.8 Å². The Morgan fingerprint density at radius 3 is 2.44 bits per heavy atom. The molecule has 0 unspecified atom stereocenters. The number of para-hydroxylation sites is 1. The third-order valence-electron chi connectivity index (χ3n) is 3.97. The van der Waals surface area contributed by atoms with Crippen molar-refractivity contribution < 1.29 is 8.42 Å². The van der Waals surface area contributed by atoms with Gasteiger partial charge in [0.15, 0.2) is 0 Å². The second-order valence-electron chi connectivity index (χ2n) is 5.73. The molecular formula is C19H21N3O2S. The maximum Gasteiger partial charge on any atom is 0.271 e. The van der Waals surface area contributed by atoms with Gasteiger partial charge < -0.3 is 4.98 Å². The Balaban J connectivity index is 2.16. The van der Waals surface area contributed by atoms with E-state index in [0.717, 1.165) is 24.8 Å². The van der Waals surface area contributed by atoms with E-state index in [2.05, 4.69) is 16.9 Å². The van der Waals surface area contributed by atoms with E-state index < -0.39 is 10.0 Å². The lowest BCUT2D eigenvalue weighted by Gasteiger charge is -2.24. The number of benzene rings is 2. The predicted octanol–water partition coefficient (Wildman–Crippen LogP) is 4.28. The van der Waals surface area contributed by atoms with E-state index in [1.807, 2.05) is 24.3 Å². The Kier molecular flexibility index (Phi) is 5.19. The van der Waals surface area contributed by atoms with Crippen molar-refractivity contribution >= 4 is 21.7 Å². The molecule has 1 N–H and O–H groups in total. The molecule has 0 aliphatic rings. The lowest BCUT2D eigenvalue weighted by Crippen LogP contribution is -2.28. The van der Waals surface area contributed by atoms with Crippen molar-refractivity contribution in [1.29, 1.82) is 0 Å². The number of anilines is 2. The molecule has 25 heavy (non-hydrogen) atoms. The summed E-state index contributed by atoms with van der Waals surface area (Å²) in [5.74, 6) is 0.285. The van der Waals surface area contributed by atoms with Crippen molar-refractivity contribution in [2.24, 2.45) is 0 Å². The molecule has 130 valence electrons. The van der Waals surface area contributed by atoms with Crippen LogP contribution in [0.4, 0.5) is 11.6 Å². The summed E-state index contributed by atoms with van der Waals surface area (Å²) in [6, 6.07) is 16.0. The zero-order valence-electron chi connectivity index (χ0n) is 14.1. The Labute approximate surface area is 148 Å². The summed E-state index contributed by atoms with van der Waals surface area (Å²) in [5, 5.41) is 0. The minimum absolute atomic E-state index is 0.233. The van der Waals surface area contributed by atoms with E-state index >= 15 is 0 Å². The summed E-state index contributed by atoms with van der Waals surface area (Å²) in [6.45, 7) is 2.12. The molecule has 0 spiro atoms. The van der Waals surface area contributed by atoms with E-state index in [1.165, 1.54) is 4.31 Å². The lowest BCUT2D eigenvalue weighted by molar-refractivity contribution is 0.595. The van der Waals surface area contributed by atoms with Gasteiger partial charge in [0, 0.05) is 12.4 Å². The van der Waals surface area contributed by atoms with E-state index in [9.17, 15) is 8.42 Å². The number of hydrogen-bond acceptors (Lipinski definition) is 3. The SMILES string of the molecule is CCCCc1ccccc1N(c1ncc[nH]1)S(=O)(=O)c1ccccc1. The van der Waals surface area contributed by atoms with Crippen LogP contribution in [0.3, 0.4) is 0 Å². The highest BCUT2D eigenvalue weighted by Crippen LogP contribution is 2.33. The van der Waals surface area contributed by atoms with Crippen LogP contribution >= 0.6 is 0 Å². The van der Waals surface area contributed by atoms with Crippen molar-refractivity contribution in [1.82, 2.24) is 9.97 Å². The molecule has 5 nitrogen and oxygen atoms in total. The first-order chi connectivity index (χ1) is 12.1. The van der Waals surface area contributed by atoms with Crippen LogP contribution in [-0.4, -0.2) is 18.4 Å². The van der Waals surface area contributed by atoms with Crippen molar-refractivity contribution in [2.75, 3.05) is 4.31 Å². The summed E-state index contributed by atoms with van der Waals surface area (Å²) in [7, 11) is -3.79. The number of hydrogen-bond donors (Lipinski definition) is 1. The number of aromatic nitrogens is 2. The quantitative estimate of drug-likeness (QED) is 0.688. The molecule has 0 atom stereocenters. The minimum atomic E-state index is -3.79. The van der Waals surface area contributed by atoms with Gasteiger partial charge in [-0.3, -0.25) is 0 Å². The lowest BCUT2D eigenvalue weighted by atomic mass is 10.1. The van der Waals surface area contributed by atoms with Gasteiger partial charge in [0.25, 0.3) is 10.0 Å². The topological polar surface area (TPSA) is 66.1 Å². The number of rotatable bonds is 7. The molecule has 0 aliphatic carbocycles. The average Bonchev–Trinajstić information content (AvgIpc) is 3.16. The van der Waals surface area contributed by atoms with Crippen LogP contribution in [-0.2, 0) is 16.4 Å². The van der Waals surface area contributed by atoms with Crippen LogP contribution in [0.1, 0.15) is 25.3 Å².